The maximum atomic E-state index is 12.4. The van der Waals surface area contributed by atoms with E-state index < -0.39 is 5.97 Å². The predicted octanol–water partition coefficient (Wildman–Crippen LogP) is 10.3. The fraction of sp³-hybridized carbons (Fsp3) is 0.875. The van der Waals surface area contributed by atoms with E-state index in [1.807, 2.05) is 0 Å². The van der Waals surface area contributed by atoms with E-state index in [-0.39, 0.29) is 18.5 Å². The molecule has 0 fully saturated rings. The summed E-state index contributed by atoms with van der Waals surface area (Å²) in [6.45, 7) is 4.49. The third-order valence-electron chi connectivity index (χ3n) is 6.99. The van der Waals surface area contributed by atoms with Crippen LogP contribution in [0.15, 0.2) is 12.2 Å². The van der Waals surface area contributed by atoms with Gasteiger partial charge in [-0.2, -0.15) is 0 Å². The lowest BCUT2D eigenvalue weighted by atomic mass is 10.0. The molecule has 0 heterocycles. The Morgan fingerprint density at radius 1 is 0.583 bits per heavy atom. The lowest BCUT2D eigenvalue weighted by Crippen LogP contribution is -2.18. The quantitative estimate of drug-likeness (QED) is 0.0648. The minimum Gasteiger partial charge on any atom is -0.481 e. The highest BCUT2D eigenvalue weighted by molar-refractivity contribution is 5.69. The number of rotatable bonds is 28. The molecule has 1 N–H and O–H groups in total. The Hall–Kier alpha value is -1.32. The number of allylic oxidation sites excluding steroid dienone is 2. The van der Waals surface area contributed by atoms with Crippen LogP contribution in [0.2, 0.25) is 0 Å². The molecule has 4 heteroatoms. The molecule has 0 aliphatic carbocycles. The van der Waals surface area contributed by atoms with Gasteiger partial charge in [0.25, 0.3) is 0 Å². The summed E-state index contributed by atoms with van der Waals surface area (Å²) in [6, 6.07) is 0. The Labute approximate surface area is 224 Å². The Morgan fingerprint density at radius 3 is 1.56 bits per heavy atom. The number of carbonyl (C=O) groups is 2. The standard InChI is InChI=1S/C32H60O4/c1-3-5-7-9-11-12-13-14-15-16-17-19-21-23-29-32(35)36-30(27-24-25-28-31(33)34)26-22-20-18-10-8-6-4-2/h12-13,30H,3-11,14-29H2,1-2H3,(H,33,34)/b13-12-. The molecule has 0 rings (SSSR count). The number of unbranched alkanes of at least 4 members (excludes halogenated alkanes) is 17. The van der Waals surface area contributed by atoms with Crippen LogP contribution in [-0.2, 0) is 14.3 Å². The highest BCUT2D eigenvalue weighted by atomic mass is 16.5. The summed E-state index contributed by atoms with van der Waals surface area (Å²) in [5.74, 6) is -0.810. The number of esters is 1. The Balaban J connectivity index is 3.87. The van der Waals surface area contributed by atoms with Crippen molar-refractivity contribution >= 4 is 11.9 Å². The van der Waals surface area contributed by atoms with Gasteiger partial charge in [0.1, 0.15) is 6.10 Å². The molecule has 4 nitrogen and oxygen atoms in total. The van der Waals surface area contributed by atoms with Crippen LogP contribution in [0, 0.1) is 0 Å². The van der Waals surface area contributed by atoms with Crippen molar-refractivity contribution in [1.29, 1.82) is 0 Å². The molecule has 36 heavy (non-hydrogen) atoms. The molecule has 0 aromatic carbocycles. The number of carbonyl (C=O) groups excluding carboxylic acids is 1. The van der Waals surface area contributed by atoms with Crippen LogP contribution in [0.25, 0.3) is 0 Å². The lowest BCUT2D eigenvalue weighted by Gasteiger charge is -2.18. The highest BCUT2D eigenvalue weighted by Gasteiger charge is 2.14. The molecule has 0 aliphatic rings. The molecule has 0 aromatic heterocycles. The van der Waals surface area contributed by atoms with Gasteiger partial charge in [-0.15, -0.1) is 0 Å². The maximum Gasteiger partial charge on any atom is 0.306 e. The summed E-state index contributed by atoms with van der Waals surface area (Å²) in [6.07, 6.45) is 32.1. The number of carboxylic acid groups (broad SMARTS) is 1. The molecule has 1 atom stereocenters. The summed E-state index contributed by atoms with van der Waals surface area (Å²) in [7, 11) is 0. The summed E-state index contributed by atoms with van der Waals surface area (Å²) >= 11 is 0. The summed E-state index contributed by atoms with van der Waals surface area (Å²) in [4.78, 5) is 23.2. The van der Waals surface area contributed by atoms with E-state index in [1.54, 1.807) is 0 Å². The smallest absolute Gasteiger partial charge is 0.306 e. The second kappa shape index (κ2) is 28.3. The van der Waals surface area contributed by atoms with Gasteiger partial charge in [-0.05, 0) is 64.2 Å². The first kappa shape index (κ1) is 34.7. The van der Waals surface area contributed by atoms with E-state index in [0.717, 1.165) is 38.5 Å². The molecule has 0 aromatic rings. The van der Waals surface area contributed by atoms with E-state index in [1.165, 1.54) is 103 Å². The average molecular weight is 509 g/mol. The number of carboxylic acids is 1. The van der Waals surface area contributed by atoms with E-state index in [9.17, 15) is 9.59 Å². The van der Waals surface area contributed by atoms with Crippen molar-refractivity contribution in [3.8, 4) is 0 Å². The van der Waals surface area contributed by atoms with Crippen LogP contribution in [0.3, 0.4) is 0 Å². The molecule has 0 spiro atoms. The van der Waals surface area contributed by atoms with Crippen molar-refractivity contribution in [1.82, 2.24) is 0 Å². The van der Waals surface area contributed by atoms with Gasteiger partial charge in [0.2, 0.25) is 0 Å². The SMILES string of the molecule is CCCCCC/C=C\CCCCCCCCC(=O)OC(CCCCCCCCC)CCCCC(=O)O. The Kier molecular flexibility index (Phi) is 27.2. The van der Waals surface area contributed by atoms with Crippen LogP contribution >= 0.6 is 0 Å². The minimum atomic E-state index is -0.745. The van der Waals surface area contributed by atoms with Crippen molar-refractivity contribution in [2.24, 2.45) is 0 Å². The second-order valence-electron chi connectivity index (χ2n) is 10.6. The second-order valence-corrected chi connectivity index (χ2v) is 10.6. The number of hydrogen-bond acceptors (Lipinski definition) is 3. The molecule has 0 amide bonds. The van der Waals surface area contributed by atoms with Crippen molar-refractivity contribution in [2.75, 3.05) is 0 Å². The van der Waals surface area contributed by atoms with Gasteiger partial charge in [-0.1, -0.05) is 109 Å². The first-order valence-electron chi connectivity index (χ1n) is 15.7. The van der Waals surface area contributed by atoms with Crippen molar-refractivity contribution < 1.29 is 19.4 Å². The Bertz CT molecular complexity index is 514. The van der Waals surface area contributed by atoms with Gasteiger partial charge in [0.15, 0.2) is 0 Å². The number of aliphatic carboxylic acids is 1. The van der Waals surface area contributed by atoms with Crippen molar-refractivity contribution in [2.45, 2.75) is 180 Å². The molecule has 1 unspecified atom stereocenters. The van der Waals surface area contributed by atoms with E-state index in [2.05, 4.69) is 26.0 Å². The fourth-order valence-corrected chi connectivity index (χ4v) is 4.65. The maximum absolute atomic E-state index is 12.4. The van der Waals surface area contributed by atoms with E-state index in [0.29, 0.717) is 12.8 Å². The summed E-state index contributed by atoms with van der Waals surface area (Å²) < 4.78 is 5.82. The third kappa shape index (κ3) is 27.3. The fourth-order valence-electron chi connectivity index (χ4n) is 4.65. The molecule has 0 bridgehead atoms. The van der Waals surface area contributed by atoms with Crippen LogP contribution in [0.1, 0.15) is 174 Å². The van der Waals surface area contributed by atoms with Gasteiger partial charge < -0.3 is 9.84 Å². The van der Waals surface area contributed by atoms with Gasteiger partial charge in [-0.25, -0.2) is 0 Å². The van der Waals surface area contributed by atoms with Gasteiger partial charge in [0.05, 0.1) is 0 Å². The van der Waals surface area contributed by atoms with Gasteiger partial charge >= 0.3 is 11.9 Å². The lowest BCUT2D eigenvalue weighted by molar-refractivity contribution is -0.150. The predicted molar refractivity (Wildman–Crippen MR) is 153 cm³/mol. The molecular weight excluding hydrogens is 448 g/mol. The average Bonchev–Trinajstić information content (AvgIpc) is 2.85. The molecule has 0 radical (unpaired) electrons. The topological polar surface area (TPSA) is 63.6 Å². The van der Waals surface area contributed by atoms with Crippen LogP contribution in [0.5, 0.6) is 0 Å². The van der Waals surface area contributed by atoms with Gasteiger partial charge in [-0.3, -0.25) is 9.59 Å². The number of hydrogen-bond donors (Lipinski definition) is 1. The summed E-state index contributed by atoms with van der Waals surface area (Å²) in [5.41, 5.74) is 0. The molecule has 0 saturated heterocycles. The number of ether oxygens (including phenoxy) is 1. The molecular formula is C32H60O4. The molecule has 0 saturated carbocycles. The normalized spacial score (nSPS) is 12.3. The van der Waals surface area contributed by atoms with Crippen LogP contribution in [-0.4, -0.2) is 23.1 Å². The molecule has 212 valence electrons. The third-order valence-corrected chi connectivity index (χ3v) is 6.99. The first-order chi connectivity index (χ1) is 17.6. The van der Waals surface area contributed by atoms with E-state index >= 15 is 0 Å². The minimum absolute atomic E-state index is 0.0402. The van der Waals surface area contributed by atoms with Crippen LogP contribution in [0.4, 0.5) is 0 Å². The first-order valence-corrected chi connectivity index (χ1v) is 15.7. The molecule has 0 aliphatic heterocycles. The van der Waals surface area contributed by atoms with Crippen molar-refractivity contribution in [3.63, 3.8) is 0 Å². The van der Waals surface area contributed by atoms with Crippen LogP contribution < -0.4 is 0 Å². The largest absolute Gasteiger partial charge is 0.481 e. The highest BCUT2D eigenvalue weighted by Crippen LogP contribution is 2.18. The van der Waals surface area contributed by atoms with Crippen molar-refractivity contribution in [3.05, 3.63) is 12.2 Å². The zero-order valence-electron chi connectivity index (χ0n) is 24.1. The Morgan fingerprint density at radius 2 is 1.00 bits per heavy atom. The zero-order chi connectivity index (χ0) is 26.5. The monoisotopic (exact) mass is 508 g/mol. The van der Waals surface area contributed by atoms with E-state index in [4.69, 9.17) is 9.84 Å². The summed E-state index contributed by atoms with van der Waals surface area (Å²) in [5, 5.41) is 8.85. The zero-order valence-corrected chi connectivity index (χ0v) is 24.1. The van der Waals surface area contributed by atoms with Gasteiger partial charge in [0, 0.05) is 12.8 Å².